The molecule has 0 aliphatic rings. The Kier molecular flexibility index (Phi) is 8.80. The smallest absolute Gasteiger partial charge is 0.191 e. The molecule has 3 rings (SSSR count). The number of aryl methyl sites for hydroxylation is 1. The topological polar surface area (TPSA) is 54.2 Å². The first-order valence-corrected chi connectivity index (χ1v) is 9.77. The second-order valence-corrected chi connectivity index (χ2v) is 7.12. The van der Waals surface area contributed by atoms with Crippen molar-refractivity contribution in [3.63, 3.8) is 0 Å². The number of imidazole rings is 1. The molecule has 2 heterocycles. The van der Waals surface area contributed by atoms with Gasteiger partial charge in [-0.1, -0.05) is 25.1 Å². The van der Waals surface area contributed by atoms with Crippen molar-refractivity contribution in [3.05, 3.63) is 70.4 Å². The Morgan fingerprint density at radius 1 is 1.11 bits per heavy atom. The molecule has 2 aromatic heterocycles. The number of hydrogen-bond donors (Lipinski definition) is 2. The number of nitrogens with zero attached hydrogens (tertiary/aromatic N) is 3. The van der Waals surface area contributed by atoms with Crippen molar-refractivity contribution < 1.29 is 0 Å². The second-order valence-electron chi connectivity index (χ2n) is 5.87. The van der Waals surface area contributed by atoms with Gasteiger partial charge in [-0.3, -0.25) is 0 Å². The van der Waals surface area contributed by atoms with E-state index in [0.29, 0.717) is 6.54 Å². The van der Waals surface area contributed by atoms with E-state index < -0.39 is 0 Å². The van der Waals surface area contributed by atoms with Crippen LogP contribution in [-0.4, -0.2) is 22.1 Å². The van der Waals surface area contributed by atoms with Crippen LogP contribution in [0.2, 0.25) is 0 Å². The van der Waals surface area contributed by atoms with Crippen LogP contribution in [0.1, 0.15) is 29.2 Å². The molecule has 0 aliphatic heterocycles. The molecule has 144 valence electrons. The highest BCUT2D eigenvalue weighted by Gasteiger charge is 2.05. The highest BCUT2D eigenvalue weighted by atomic mass is 127. The zero-order chi connectivity index (χ0) is 18.2. The van der Waals surface area contributed by atoms with Crippen LogP contribution in [0, 0.1) is 0 Å². The number of nitrogens with one attached hydrogen (secondary N) is 2. The predicted molar refractivity (Wildman–Crippen MR) is 124 cm³/mol. The van der Waals surface area contributed by atoms with Crippen molar-refractivity contribution in [2.45, 2.75) is 33.4 Å². The maximum Gasteiger partial charge on any atom is 0.191 e. The Bertz CT molecular complexity index is 842. The van der Waals surface area contributed by atoms with Gasteiger partial charge in [0.2, 0.25) is 0 Å². The third-order valence-corrected chi connectivity index (χ3v) is 5.25. The average molecular weight is 495 g/mol. The quantitative estimate of drug-likeness (QED) is 0.291. The fourth-order valence-electron chi connectivity index (χ4n) is 2.68. The minimum absolute atomic E-state index is 0. The van der Waals surface area contributed by atoms with Crippen molar-refractivity contribution in [2.24, 2.45) is 4.99 Å². The lowest BCUT2D eigenvalue weighted by molar-refractivity contribution is 0.822. The number of benzene rings is 1. The van der Waals surface area contributed by atoms with E-state index in [1.807, 2.05) is 40.6 Å². The summed E-state index contributed by atoms with van der Waals surface area (Å²) in [5.74, 6) is 0.833. The standard InChI is InChI=1S/C20H25N5S.HI/c1-3-17-9-10-18(26-17)14-24-20(22-4-2)23-13-16-7-5-6-8-19(16)25-12-11-21-15-25;/h5-12,15H,3-4,13-14H2,1-2H3,(H2,22,23,24);1H. The van der Waals surface area contributed by atoms with Gasteiger partial charge in [-0.15, -0.1) is 35.3 Å². The fraction of sp³-hybridized carbons (Fsp3) is 0.300. The van der Waals surface area contributed by atoms with Crippen LogP contribution >= 0.6 is 35.3 Å². The summed E-state index contributed by atoms with van der Waals surface area (Å²) in [7, 11) is 0. The molecule has 3 aromatic rings. The zero-order valence-electron chi connectivity index (χ0n) is 15.7. The first-order valence-electron chi connectivity index (χ1n) is 8.96. The molecule has 0 radical (unpaired) electrons. The number of rotatable bonds is 7. The Morgan fingerprint density at radius 3 is 2.63 bits per heavy atom. The van der Waals surface area contributed by atoms with Gasteiger partial charge >= 0.3 is 0 Å². The molecule has 7 heteroatoms. The van der Waals surface area contributed by atoms with Gasteiger partial charge in [0.1, 0.15) is 0 Å². The monoisotopic (exact) mass is 495 g/mol. The van der Waals surface area contributed by atoms with E-state index in [0.717, 1.165) is 36.7 Å². The number of guanidine groups is 1. The van der Waals surface area contributed by atoms with Crippen molar-refractivity contribution >= 4 is 41.3 Å². The SMILES string of the molecule is CCNC(=NCc1ccccc1-n1ccnc1)NCc1ccc(CC)s1.I. The van der Waals surface area contributed by atoms with Crippen LogP contribution < -0.4 is 10.6 Å². The highest BCUT2D eigenvalue weighted by Crippen LogP contribution is 2.17. The molecule has 0 bridgehead atoms. The largest absolute Gasteiger partial charge is 0.357 e. The summed E-state index contributed by atoms with van der Waals surface area (Å²) in [6.07, 6.45) is 6.64. The number of para-hydroxylation sites is 1. The van der Waals surface area contributed by atoms with Crippen LogP contribution in [-0.2, 0) is 19.5 Å². The van der Waals surface area contributed by atoms with Gasteiger partial charge in [0.05, 0.1) is 25.1 Å². The molecule has 5 nitrogen and oxygen atoms in total. The van der Waals surface area contributed by atoms with Gasteiger partial charge in [-0.05, 0) is 37.1 Å². The molecule has 1 aromatic carbocycles. The maximum atomic E-state index is 4.76. The molecule has 0 saturated heterocycles. The number of aromatic nitrogens is 2. The second kappa shape index (κ2) is 11.1. The molecule has 27 heavy (non-hydrogen) atoms. The van der Waals surface area contributed by atoms with E-state index in [2.05, 4.69) is 53.7 Å². The van der Waals surface area contributed by atoms with Crippen molar-refractivity contribution in [1.82, 2.24) is 20.2 Å². The van der Waals surface area contributed by atoms with Gasteiger partial charge in [0, 0.05) is 28.7 Å². The summed E-state index contributed by atoms with van der Waals surface area (Å²) in [6, 6.07) is 12.7. The molecule has 0 spiro atoms. The molecule has 0 unspecified atom stereocenters. The highest BCUT2D eigenvalue weighted by molar-refractivity contribution is 14.0. The number of hydrogen-bond acceptors (Lipinski definition) is 3. The molecule has 0 saturated carbocycles. The van der Waals surface area contributed by atoms with E-state index in [9.17, 15) is 0 Å². The van der Waals surface area contributed by atoms with Crippen molar-refractivity contribution in [1.29, 1.82) is 0 Å². The van der Waals surface area contributed by atoms with E-state index in [1.54, 1.807) is 6.20 Å². The zero-order valence-corrected chi connectivity index (χ0v) is 18.8. The van der Waals surface area contributed by atoms with Gasteiger partial charge in [0.15, 0.2) is 5.96 Å². The lowest BCUT2D eigenvalue weighted by Gasteiger charge is -2.12. The number of halogens is 1. The summed E-state index contributed by atoms with van der Waals surface area (Å²) in [4.78, 5) is 11.6. The summed E-state index contributed by atoms with van der Waals surface area (Å²) in [5.41, 5.74) is 2.27. The van der Waals surface area contributed by atoms with Crippen LogP contribution in [0.25, 0.3) is 5.69 Å². The van der Waals surface area contributed by atoms with Gasteiger partial charge in [-0.25, -0.2) is 9.98 Å². The van der Waals surface area contributed by atoms with E-state index >= 15 is 0 Å². The van der Waals surface area contributed by atoms with Gasteiger partial charge in [-0.2, -0.15) is 0 Å². The van der Waals surface area contributed by atoms with E-state index in [-0.39, 0.29) is 24.0 Å². The summed E-state index contributed by atoms with van der Waals surface area (Å²) < 4.78 is 2.02. The predicted octanol–water partition coefficient (Wildman–Crippen LogP) is 4.37. The molecule has 2 N–H and O–H groups in total. The molecule has 0 fully saturated rings. The molecule has 0 aliphatic carbocycles. The first kappa shape index (κ1) is 21.4. The lowest BCUT2D eigenvalue weighted by atomic mass is 10.2. The first-order chi connectivity index (χ1) is 12.8. The summed E-state index contributed by atoms with van der Waals surface area (Å²) in [5, 5.41) is 6.75. The molecular formula is C20H26IN5S. The van der Waals surface area contributed by atoms with Gasteiger partial charge < -0.3 is 15.2 Å². The van der Waals surface area contributed by atoms with Crippen LogP contribution in [0.5, 0.6) is 0 Å². The lowest BCUT2D eigenvalue weighted by Crippen LogP contribution is -2.36. The van der Waals surface area contributed by atoms with Crippen molar-refractivity contribution in [2.75, 3.05) is 6.54 Å². The third kappa shape index (κ3) is 6.07. The van der Waals surface area contributed by atoms with Crippen LogP contribution in [0.3, 0.4) is 0 Å². The molecular weight excluding hydrogens is 469 g/mol. The van der Waals surface area contributed by atoms with Crippen LogP contribution in [0.15, 0.2) is 60.1 Å². The number of thiophene rings is 1. The normalized spacial score (nSPS) is 11.1. The maximum absolute atomic E-state index is 4.76. The Hall–Kier alpha value is -1.87. The van der Waals surface area contributed by atoms with E-state index in [1.165, 1.54) is 9.75 Å². The Balaban J connectivity index is 0.00000261. The Morgan fingerprint density at radius 2 is 1.93 bits per heavy atom. The van der Waals surface area contributed by atoms with Crippen LogP contribution in [0.4, 0.5) is 0 Å². The minimum Gasteiger partial charge on any atom is -0.357 e. The molecule has 0 amide bonds. The third-order valence-electron chi connectivity index (χ3n) is 4.02. The Labute approximate surface area is 182 Å². The fourth-order valence-corrected chi connectivity index (χ4v) is 3.58. The summed E-state index contributed by atoms with van der Waals surface area (Å²) in [6.45, 7) is 6.50. The summed E-state index contributed by atoms with van der Waals surface area (Å²) >= 11 is 1.85. The molecule has 0 atom stereocenters. The average Bonchev–Trinajstić information content (AvgIpc) is 3.36. The van der Waals surface area contributed by atoms with Gasteiger partial charge in [0.25, 0.3) is 0 Å². The number of aliphatic imine (C=N–C) groups is 1. The van der Waals surface area contributed by atoms with Crippen molar-refractivity contribution in [3.8, 4) is 5.69 Å². The minimum atomic E-state index is 0. The van der Waals surface area contributed by atoms with E-state index in [4.69, 9.17) is 4.99 Å².